The maximum absolute atomic E-state index is 6.19. The molecule has 3 rings (SSSR count). The minimum atomic E-state index is 0.621. The molecule has 2 N–H and O–H groups in total. The van der Waals surface area contributed by atoms with Crippen LogP contribution in [-0.4, -0.2) is 9.38 Å². The first-order valence-electron chi connectivity index (χ1n) is 5.67. The first-order valence-corrected chi connectivity index (χ1v) is 6.05. The second-order valence-corrected chi connectivity index (χ2v) is 4.59. The van der Waals surface area contributed by atoms with Crippen molar-refractivity contribution in [2.45, 2.75) is 6.92 Å². The highest BCUT2D eigenvalue weighted by molar-refractivity contribution is 6.33. The summed E-state index contributed by atoms with van der Waals surface area (Å²) in [6, 6.07) is 13.5. The SMILES string of the molecule is Cc1cccc2nc(-c3ccccc3Cl)c(N)n12. The van der Waals surface area contributed by atoms with Gasteiger partial charge in [0.05, 0.1) is 5.02 Å². The average Bonchev–Trinajstić information content (AvgIpc) is 2.69. The zero-order chi connectivity index (χ0) is 12.7. The van der Waals surface area contributed by atoms with Crippen molar-refractivity contribution in [2.75, 3.05) is 5.73 Å². The van der Waals surface area contributed by atoms with Gasteiger partial charge in [-0.3, -0.25) is 4.40 Å². The molecule has 0 fully saturated rings. The van der Waals surface area contributed by atoms with E-state index < -0.39 is 0 Å². The summed E-state index contributed by atoms with van der Waals surface area (Å²) in [6.45, 7) is 2.00. The molecule has 0 saturated carbocycles. The lowest BCUT2D eigenvalue weighted by Crippen LogP contribution is -1.97. The minimum Gasteiger partial charge on any atom is -0.383 e. The number of hydrogen-bond acceptors (Lipinski definition) is 2. The smallest absolute Gasteiger partial charge is 0.139 e. The molecule has 0 aliphatic heterocycles. The van der Waals surface area contributed by atoms with Crippen LogP contribution in [0.2, 0.25) is 5.02 Å². The molecule has 2 heterocycles. The maximum Gasteiger partial charge on any atom is 0.139 e. The van der Waals surface area contributed by atoms with Gasteiger partial charge in [0.15, 0.2) is 0 Å². The molecule has 0 spiro atoms. The van der Waals surface area contributed by atoms with Gasteiger partial charge < -0.3 is 5.73 Å². The molecule has 0 aliphatic carbocycles. The molecule has 0 saturated heterocycles. The lowest BCUT2D eigenvalue weighted by Gasteiger charge is -2.03. The number of fused-ring (bicyclic) bond motifs is 1. The van der Waals surface area contributed by atoms with Gasteiger partial charge in [-0.1, -0.05) is 35.9 Å². The number of nitrogens with zero attached hydrogens (tertiary/aromatic N) is 2. The van der Waals surface area contributed by atoms with Crippen LogP contribution >= 0.6 is 11.6 Å². The van der Waals surface area contributed by atoms with Crippen LogP contribution in [0.1, 0.15) is 5.69 Å². The Bertz CT molecular complexity index is 731. The van der Waals surface area contributed by atoms with Crippen molar-refractivity contribution in [3.05, 3.63) is 53.2 Å². The predicted molar refractivity (Wildman–Crippen MR) is 74.8 cm³/mol. The molecule has 2 aromatic heterocycles. The highest BCUT2D eigenvalue weighted by Gasteiger charge is 2.14. The lowest BCUT2D eigenvalue weighted by atomic mass is 10.1. The van der Waals surface area contributed by atoms with Gasteiger partial charge >= 0.3 is 0 Å². The lowest BCUT2D eigenvalue weighted by molar-refractivity contribution is 1.10. The molecule has 3 nitrogen and oxygen atoms in total. The molecule has 0 amide bonds. The fourth-order valence-electron chi connectivity index (χ4n) is 2.13. The minimum absolute atomic E-state index is 0.621. The van der Waals surface area contributed by atoms with E-state index in [1.54, 1.807) is 0 Å². The van der Waals surface area contributed by atoms with Gasteiger partial charge in [0.2, 0.25) is 0 Å². The van der Waals surface area contributed by atoms with Gasteiger partial charge in [-0.05, 0) is 25.1 Å². The summed E-state index contributed by atoms with van der Waals surface area (Å²) in [6.07, 6.45) is 0. The third-order valence-electron chi connectivity index (χ3n) is 3.00. The van der Waals surface area contributed by atoms with Crippen molar-refractivity contribution in [1.29, 1.82) is 0 Å². The number of aryl methyl sites for hydroxylation is 1. The van der Waals surface area contributed by atoms with Gasteiger partial charge in [-0.25, -0.2) is 4.98 Å². The van der Waals surface area contributed by atoms with Gasteiger partial charge in [-0.2, -0.15) is 0 Å². The van der Waals surface area contributed by atoms with Crippen molar-refractivity contribution >= 4 is 23.1 Å². The van der Waals surface area contributed by atoms with Gasteiger partial charge in [0.1, 0.15) is 17.2 Å². The Morgan fingerprint density at radius 3 is 2.61 bits per heavy atom. The van der Waals surface area contributed by atoms with E-state index >= 15 is 0 Å². The molecule has 18 heavy (non-hydrogen) atoms. The number of aromatic nitrogens is 2. The van der Waals surface area contributed by atoms with Crippen LogP contribution in [0, 0.1) is 6.92 Å². The summed E-state index contributed by atoms with van der Waals surface area (Å²) < 4.78 is 1.93. The normalized spacial score (nSPS) is 11.0. The van der Waals surface area contributed by atoms with Gasteiger partial charge in [-0.15, -0.1) is 0 Å². The van der Waals surface area contributed by atoms with Crippen LogP contribution in [0.15, 0.2) is 42.5 Å². The molecule has 0 unspecified atom stereocenters. The molecule has 0 atom stereocenters. The monoisotopic (exact) mass is 257 g/mol. The number of halogens is 1. The van der Waals surface area contributed by atoms with Crippen LogP contribution in [0.4, 0.5) is 5.82 Å². The second-order valence-electron chi connectivity index (χ2n) is 4.19. The molecular formula is C14H12ClN3. The Balaban J connectivity index is 2.35. The summed E-state index contributed by atoms with van der Waals surface area (Å²) in [7, 11) is 0. The van der Waals surface area contributed by atoms with Crippen LogP contribution in [-0.2, 0) is 0 Å². The van der Waals surface area contributed by atoms with Crippen molar-refractivity contribution in [3.63, 3.8) is 0 Å². The Morgan fingerprint density at radius 1 is 1.11 bits per heavy atom. The summed E-state index contributed by atoms with van der Waals surface area (Å²) >= 11 is 6.19. The van der Waals surface area contributed by atoms with E-state index in [-0.39, 0.29) is 0 Å². The second kappa shape index (κ2) is 4.03. The standard InChI is InChI=1S/C14H12ClN3/c1-9-5-4-8-12-17-13(14(16)18(9)12)10-6-2-3-7-11(10)15/h2-8H,16H2,1H3. The van der Waals surface area contributed by atoms with E-state index in [1.165, 1.54) is 0 Å². The molecular weight excluding hydrogens is 246 g/mol. The van der Waals surface area contributed by atoms with Crippen molar-refractivity contribution < 1.29 is 0 Å². The zero-order valence-corrected chi connectivity index (χ0v) is 10.6. The fourth-order valence-corrected chi connectivity index (χ4v) is 2.36. The summed E-state index contributed by atoms with van der Waals surface area (Å²) in [5.74, 6) is 0.621. The average molecular weight is 258 g/mol. The summed E-state index contributed by atoms with van der Waals surface area (Å²) in [5.41, 5.74) is 9.66. The maximum atomic E-state index is 6.19. The predicted octanol–water partition coefficient (Wildman–Crippen LogP) is 3.55. The number of hydrogen-bond donors (Lipinski definition) is 1. The van der Waals surface area contributed by atoms with E-state index in [2.05, 4.69) is 4.98 Å². The topological polar surface area (TPSA) is 43.3 Å². The van der Waals surface area contributed by atoms with E-state index in [4.69, 9.17) is 17.3 Å². The number of imidazole rings is 1. The van der Waals surface area contributed by atoms with E-state index in [0.29, 0.717) is 10.8 Å². The highest BCUT2D eigenvalue weighted by atomic mass is 35.5. The van der Waals surface area contributed by atoms with Crippen LogP contribution < -0.4 is 5.73 Å². The van der Waals surface area contributed by atoms with Crippen LogP contribution in [0.5, 0.6) is 0 Å². The zero-order valence-electron chi connectivity index (χ0n) is 9.89. The van der Waals surface area contributed by atoms with Crippen molar-refractivity contribution in [2.24, 2.45) is 0 Å². The quantitative estimate of drug-likeness (QED) is 0.725. The summed E-state index contributed by atoms with van der Waals surface area (Å²) in [4.78, 5) is 4.56. The summed E-state index contributed by atoms with van der Waals surface area (Å²) in [5, 5.41) is 0.658. The first-order chi connectivity index (χ1) is 8.68. The van der Waals surface area contributed by atoms with Crippen LogP contribution in [0.25, 0.3) is 16.9 Å². The number of nitrogen functional groups attached to an aromatic ring is 1. The molecule has 0 bridgehead atoms. The van der Waals surface area contributed by atoms with E-state index in [9.17, 15) is 0 Å². The molecule has 0 aliphatic rings. The van der Waals surface area contributed by atoms with Crippen molar-refractivity contribution in [1.82, 2.24) is 9.38 Å². The van der Waals surface area contributed by atoms with Crippen LogP contribution in [0.3, 0.4) is 0 Å². The largest absolute Gasteiger partial charge is 0.383 e. The molecule has 1 aromatic carbocycles. The number of nitrogens with two attached hydrogens (primary N) is 1. The Labute approximate surface area is 110 Å². The number of benzene rings is 1. The van der Waals surface area contributed by atoms with Gasteiger partial charge in [0.25, 0.3) is 0 Å². The number of rotatable bonds is 1. The molecule has 4 heteroatoms. The van der Waals surface area contributed by atoms with Crippen molar-refractivity contribution in [3.8, 4) is 11.3 Å². The number of anilines is 1. The highest BCUT2D eigenvalue weighted by Crippen LogP contribution is 2.32. The third-order valence-corrected chi connectivity index (χ3v) is 3.33. The molecule has 3 aromatic rings. The molecule has 0 radical (unpaired) electrons. The first kappa shape index (κ1) is 11.1. The van der Waals surface area contributed by atoms with Gasteiger partial charge in [0, 0.05) is 11.3 Å². The van der Waals surface area contributed by atoms with E-state index in [0.717, 1.165) is 22.6 Å². The third kappa shape index (κ3) is 1.56. The van der Waals surface area contributed by atoms with E-state index in [1.807, 2.05) is 53.8 Å². The Morgan fingerprint density at radius 2 is 1.89 bits per heavy atom. The molecule has 90 valence electrons. The number of pyridine rings is 1. The fraction of sp³-hybridized carbons (Fsp3) is 0.0714. The Hall–Kier alpha value is -2.00. The Kier molecular flexibility index (Phi) is 2.49.